The molecule has 56 valence electrons. The third kappa shape index (κ3) is 0.883. The zero-order valence-corrected chi connectivity index (χ0v) is 6.88. The Balaban J connectivity index is 2.60. The number of rotatable bonds is 0. The van der Waals surface area contributed by atoms with E-state index in [1.165, 1.54) is 6.07 Å². The van der Waals surface area contributed by atoms with E-state index >= 15 is 0 Å². The number of thioether (sulfide) groups is 1. The van der Waals surface area contributed by atoms with Crippen LogP contribution in [0.4, 0.5) is 0 Å². The number of aromatic hydroxyl groups is 1. The monoisotopic (exact) mass is 185 g/mol. The number of carbonyl (C=O) groups is 1. The number of hydrogen-bond acceptors (Lipinski definition) is 5. The van der Waals surface area contributed by atoms with Crippen molar-refractivity contribution in [2.45, 2.75) is 4.90 Å². The molecule has 0 bridgehead atoms. The fourth-order valence-corrected chi connectivity index (χ4v) is 2.75. The number of fused-ring (bicyclic) bond motifs is 1. The Hall–Kier alpha value is -0.810. The van der Waals surface area contributed by atoms with Crippen LogP contribution in [-0.4, -0.2) is 15.9 Å². The van der Waals surface area contributed by atoms with Crippen molar-refractivity contribution in [2.75, 3.05) is 0 Å². The third-order valence-electron chi connectivity index (χ3n) is 1.32. The summed E-state index contributed by atoms with van der Waals surface area (Å²) < 4.78 is 0. The van der Waals surface area contributed by atoms with Crippen molar-refractivity contribution in [3.05, 3.63) is 10.9 Å². The molecule has 2 rings (SSSR count). The lowest BCUT2D eigenvalue weighted by molar-refractivity contribution is -0.105. The van der Waals surface area contributed by atoms with Crippen LogP contribution in [0.25, 0.3) is 0 Å². The Morgan fingerprint density at radius 2 is 2.27 bits per heavy atom. The van der Waals surface area contributed by atoms with Gasteiger partial charge in [-0.25, -0.2) is 0 Å². The highest BCUT2D eigenvalue weighted by atomic mass is 32.2. The van der Waals surface area contributed by atoms with Crippen LogP contribution in [-0.2, 0) is 4.79 Å². The van der Waals surface area contributed by atoms with Crippen LogP contribution >= 0.6 is 23.1 Å². The van der Waals surface area contributed by atoms with Gasteiger partial charge >= 0.3 is 0 Å². The van der Waals surface area contributed by atoms with E-state index in [0.717, 1.165) is 23.1 Å². The Morgan fingerprint density at radius 3 is 2.91 bits per heavy atom. The van der Waals surface area contributed by atoms with Crippen molar-refractivity contribution in [1.29, 1.82) is 5.41 Å². The summed E-state index contributed by atoms with van der Waals surface area (Å²) in [5.74, 6) is 0. The van der Waals surface area contributed by atoms with Crippen molar-refractivity contribution >= 4 is 33.9 Å². The maximum absolute atomic E-state index is 10.9. The highest BCUT2D eigenvalue weighted by Gasteiger charge is 2.28. The molecule has 0 aliphatic carbocycles. The molecule has 0 saturated heterocycles. The number of thiophene rings is 1. The van der Waals surface area contributed by atoms with E-state index in [0.29, 0.717) is 9.77 Å². The number of hydrogen-bond donors (Lipinski definition) is 2. The minimum Gasteiger partial charge on any atom is -0.499 e. The molecule has 1 aromatic heterocycles. The second kappa shape index (κ2) is 2.09. The van der Waals surface area contributed by atoms with Crippen LogP contribution in [0.15, 0.2) is 11.0 Å². The Bertz CT molecular complexity index is 355. The predicted octanol–water partition coefficient (Wildman–Crippen LogP) is 1.45. The first-order valence-electron chi connectivity index (χ1n) is 2.82. The SMILES string of the molecule is N=C1C(=O)Sc2cc(O)sc21. The molecular weight excluding hydrogens is 182 g/mol. The minimum atomic E-state index is -0.230. The van der Waals surface area contributed by atoms with E-state index in [1.807, 2.05) is 0 Å². The Kier molecular flexibility index (Phi) is 1.30. The molecule has 2 heterocycles. The van der Waals surface area contributed by atoms with Crippen LogP contribution in [0.5, 0.6) is 5.06 Å². The van der Waals surface area contributed by atoms with Gasteiger partial charge in [-0.3, -0.25) is 10.2 Å². The second-order valence-electron chi connectivity index (χ2n) is 2.04. The summed E-state index contributed by atoms with van der Waals surface area (Å²) in [5, 5.41) is 16.2. The van der Waals surface area contributed by atoms with Crippen molar-refractivity contribution in [1.82, 2.24) is 0 Å². The lowest BCUT2D eigenvalue weighted by Crippen LogP contribution is -2.00. The zero-order chi connectivity index (χ0) is 8.01. The molecule has 0 amide bonds. The smallest absolute Gasteiger partial charge is 0.243 e. The lowest BCUT2D eigenvalue weighted by Gasteiger charge is -1.84. The van der Waals surface area contributed by atoms with E-state index < -0.39 is 0 Å². The molecule has 1 aliphatic rings. The molecule has 0 aromatic carbocycles. The Labute approximate surface area is 70.6 Å². The minimum absolute atomic E-state index is 0.00954. The second-order valence-corrected chi connectivity index (χ2v) is 4.09. The normalized spacial score (nSPS) is 15.6. The highest BCUT2D eigenvalue weighted by Crippen LogP contribution is 2.41. The van der Waals surface area contributed by atoms with Crippen LogP contribution in [0, 0.1) is 5.41 Å². The largest absolute Gasteiger partial charge is 0.499 e. The van der Waals surface area contributed by atoms with Gasteiger partial charge in [-0.05, 0) is 11.8 Å². The fraction of sp³-hybridized carbons (Fsp3) is 0. The Morgan fingerprint density at radius 1 is 1.55 bits per heavy atom. The van der Waals surface area contributed by atoms with Crippen LogP contribution in [0.2, 0.25) is 0 Å². The predicted molar refractivity (Wildman–Crippen MR) is 43.7 cm³/mol. The maximum atomic E-state index is 10.9. The summed E-state index contributed by atoms with van der Waals surface area (Å²) in [7, 11) is 0. The molecule has 5 heteroatoms. The van der Waals surface area contributed by atoms with Gasteiger partial charge in [0.25, 0.3) is 0 Å². The van der Waals surface area contributed by atoms with E-state index in [9.17, 15) is 4.79 Å². The third-order valence-corrected chi connectivity index (χ3v) is 3.33. The topological polar surface area (TPSA) is 61.2 Å². The van der Waals surface area contributed by atoms with Crippen LogP contribution in [0.3, 0.4) is 0 Å². The zero-order valence-electron chi connectivity index (χ0n) is 5.25. The fourth-order valence-electron chi connectivity index (χ4n) is 0.856. The van der Waals surface area contributed by atoms with Gasteiger partial charge in [-0.2, -0.15) is 0 Å². The molecule has 0 atom stereocenters. The van der Waals surface area contributed by atoms with Gasteiger partial charge in [0.1, 0.15) is 5.71 Å². The summed E-state index contributed by atoms with van der Waals surface area (Å²) in [6.45, 7) is 0. The molecule has 1 aromatic rings. The molecule has 1 aliphatic heterocycles. The summed E-state index contributed by atoms with van der Waals surface area (Å²) in [5.41, 5.74) is 0.00954. The molecule has 0 saturated carbocycles. The first-order chi connectivity index (χ1) is 5.18. The van der Waals surface area contributed by atoms with Gasteiger partial charge in [0.2, 0.25) is 5.12 Å². The van der Waals surface area contributed by atoms with Gasteiger partial charge in [0.05, 0.1) is 4.88 Å². The molecule has 0 fully saturated rings. The summed E-state index contributed by atoms with van der Waals surface area (Å²) >= 11 is 2.08. The molecule has 3 nitrogen and oxygen atoms in total. The molecule has 2 N–H and O–H groups in total. The maximum Gasteiger partial charge on any atom is 0.243 e. The summed E-state index contributed by atoms with van der Waals surface area (Å²) in [6, 6.07) is 1.52. The molecule has 0 spiro atoms. The van der Waals surface area contributed by atoms with E-state index in [1.54, 1.807) is 0 Å². The average Bonchev–Trinajstić information content (AvgIpc) is 2.37. The molecule has 0 radical (unpaired) electrons. The number of carbonyl (C=O) groups excluding carboxylic acids is 1. The first-order valence-corrected chi connectivity index (χ1v) is 4.45. The van der Waals surface area contributed by atoms with Crippen molar-refractivity contribution in [3.8, 4) is 5.06 Å². The molecular formula is C6H3NO2S2. The van der Waals surface area contributed by atoms with Gasteiger partial charge in [-0.15, -0.1) is 0 Å². The van der Waals surface area contributed by atoms with E-state index in [-0.39, 0.29) is 15.9 Å². The van der Waals surface area contributed by atoms with E-state index in [2.05, 4.69) is 0 Å². The van der Waals surface area contributed by atoms with Crippen molar-refractivity contribution in [3.63, 3.8) is 0 Å². The number of nitrogens with one attached hydrogen (secondary N) is 1. The van der Waals surface area contributed by atoms with Crippen molar-refractivity contribution in [2.24, 2.45) is 0 Å². The van der Waals surface area contributed by atoms with Gasteiger partial charge in [0, 0.05) is 11.0 Å². The quantitative estimate of drug-likeness (QED) is 0.643. The molecule has 0 unspecified atom stereocenters. The van der Waals surface area contributed by atoms with Crippen LogP contribution in [0.1, 0.15) is 4.88 Å². The van der Waals surface area contributed by atoms with E-state index in [4.69, 9.17) is 10.5 Å². The van der Waals surface area contributed by atoms with Crippen molar-refractivity contribution < 1.29 is 9.90 Å². The van der Waals surface area contributed by atoms with Crippen LogP contribution < -0.4 is 0 Å². The standard InChI is InChI=1S/C6H3NO2S2/c7-4-5-2(10-6(4)9)1-3(8)11-5/h1,7-8H. The highest BCUT2D eigenvalue weighted by molar-refractivity contribution is 8.16. The van der Waals surface area contributed by atoms with Gasteiger partial charge in [-0.1, -0.05) is 11.3 Å². The van der Waals surface area contributed by atoms with Gasteiger partial charge in [0.15, 0.2) is 5.06 Å². The first kappa shape index (κ1) is 6.87. The summed E-state index contributed by atoms with van der Waals surface area (Å²) in [6.07, 6.45) is 0. The molecule has 11 heavy (non-hydrogen) atoms. The lowest BCUT2D eigenvalue weighted by atomic mass is 10.3. The average molecular weight is 185 g/mol. The summed E-state index contributed by atoms with van der Waals surface area (Å²) in [4.78, 5) is 12.2. The van der Waals surface area contributed by atoms with Gasteiger partial charge < -0.3 is 5.11 Å².